The first-order valence-corrected chi connectivity index (χ1v) is 9.06. The Morgan fingerprint density at radius 3 is 2.95 bits per heavy atom. The van der Waals surface area contributed by atoms with Crippen molar-refractivity contribution in [3.63, 3.8) is 0 Å². The summed E-state index contributed by atoms with van der Waals surface area (Å²) in [4.78, 5) is 19.2. The molecule has 4 nitrogen and oxygen atoms in total. The molecule has 1 unspecified atom stereocenters. The van der Waals surface area contributed by atoms with E-state index in [2.05, 4.69) is 29.5 Å². The van der Waals surface area contributed by atoms with Crippen molar-refractivity contribution in [1.82, 2.24) is 14.5 Å². The number of thioether (sulfide) groups is 1. The standard InChI is InChI=1S/C17H23N3OS/c1-3-19-15-10-5-4-9-14(15)18-17(19)22-12-16(21)20-11-7-6-8-13(20)2/h4-5,9-10,13H,3,6-8,11-12H2,1-2H3. The van der Waals surface area contributed by atoms with Gasteiger partial charge < -0.3 is 9.47 Å². The van der Waals surface area contributed by atoms with Gasteiger partial charge in [-0.2, -0.15) is 0 Å². The SMILES string of the molecule is CCn1c(SCC(=O)N2CCCCC2C)nc2ccccc21. The van der Waals surface area contributed by atoms with Crippen LogP contribution < -0.4 is 0 Å². The predicted octanol–water partition coefficient (Wildman–Crippen LogP) is 3.55. The number of nitrogens with zero attached hydrogens (tertiary/aromatic N) is 3. The molecule has 0 aliphatic carbocycles. The molecule has 2 heterocycles. The van der Waals surface area contributed by atoms with Gasteiger partial charge in [0.05, 0.1) is 16.8 Å². The van der Waals surface area contributed by atoms with E-state index in [9.17, 15) is 4.79 Å². The van der Waals surface area contributed by atoms with Crippen molar-refractivity contribution in [2.24, 2.45) is 0 Å². The second-order valence-electron chi connectivity index (χ2n) is 5.85. The molecule has 0 N–H and O–H groups in total. The molecule has 0 radical (unpaired) electrons. The number of amides is 1. The van der Waals surface area contributed by atoms with Crippen molar-refractivity contribution in [2.75, 3.05) is 12.3 Å². The Balaban J connectivity index is 1.72. The molecule has 1 aromatic heterocycles. The highest BCUT2D eigenvalue weighted by atomic mass is 32.2. The summed E-state index contributed by atoms with van der Waals surface area (Å²) in [7, 11) is 0. The number of imidazole rings is 1. The molecule has 118 valence electrons. The number of hydrogen-bond acceptors (Lipinski definition) is 3. The van der Waals surface area contributed by atoms with Crippen LogP contribution in [0.3, 0.4) is 0 Å². The molecule has 0 spiro atoms. The molecule has 1 aliphatic rings. The summed E-state index contributed by atoms with van der Waals surface area (Å²) in [5, 5.41) is 0.946. The van der Waals surface area contributed by atoms with E-state index in [0.29, 0.717) is 11.8 Å². The van der Waals surface area contributed by atoms with E-state index in [0.717, 1.165) is 42.1 Å². The number of aryl methyl sites for hydroxylation is 1. The maximum atomic E-state index is 12.5. The molecule has 1 fully saturated rings. The first kappa shape index (κ1) is 15.4. The Kier molecular flexibility index (Phi) is 4.71. The lowest BCUT2D eigenvalue weighted by Crippen LogP contribution is -2.42. The quantitative estimate of drug-likeness (QED) is 0.809. The summed E-state index contributed by atoms with van der Waals surface area (Å²) in [5.74, 6) is 0.722. The molecular weight excluding hydrogens is 294 g/mol. The van der Waals surface area contributed by atoms with Gasteiger partial charge in [-0.3, -0.25) is 4.79 Å². The minimum Gasteiger partial charge on any atom is -0.339 e. The lowest BCUT2D eigenvalue weighted by atomic mass is 10.0. The van der Waals surface area contributed by atoms with Crippen LogP contribution in [-0.4, -0.2) is 38.7 Å². The Bertz CT molecular complexity index is 667. The summed E-state index contributed by atoms with van der Waals surface area (Å²) in [5.41, 5.74) is 2.15. The lowest BCUT2D eigenvalue weighted by molar-refractivity contribution is -0.131. The van der Waals surface area contributed by atoms with Crippen LogP contribution in [-0.2, 0) is 11.3 Å². The zero-order chi connectivity index (χ0) is 15.5. The van der Waals surface area contributed by atoms with Gasteiger partial charge in [0.1, 0.15) is 0 Å². The van der Waals surface area contributed by atoms with Crippen LogP contribution in [0.1, 0.15) is 33.1 Å². The Morgan fingerprint density at radius 1 is 1.36 bits per heavy atom. The number of rotatable bonds is 4. The molecule has 1 saturated heterocycles. The molecular formula is C17H23N3OS. The van der Waals surface area contributed by atoms with Crippen molar-refractivity contribution in [1.29, 1.82) is 0 Å². The Hall–Kier alpha value is -1.49. The van der Waals surface area contributed by atoms with Crippen molar-refractivity contribution in [2.45, 2.75) is 50.9 Å². The first-order valence-electron chi connectivity index (χ1n) is 8.08. The molecule has 3 rings (SSSR count). The number of fused-ring (bicyclic) bond motifs is 1. The number of likely N-dealkylation sites (tertiary alicyclic amines) is 1. The van der Waals surface area contributed by atoms with E-state index < -0.39 is 0 Å². The zero-order valence-electron chi connectivity index (χ0n) is 13.3. The average Bonchev–Trinajstić information content (AvgIpc) is 2.90. The van der Waals surface area contributed by atoms with Gasteiger partial charge in [-0.1, -0.05) is 23.9 Å². The Labute approximate surface area is 135 Å². The predicted molar refractivity (Wildman–Crippen MR) is 91.2 cm³/mol. The number of carbonyl (C=O) groups excluding carboxylic acids is 1. The first-order chi connectivity index (χ1) is 10.7. The number of para-hydroxylation sites is 2. The van der Waals surface area contributed by atoms with E-state index >= 15 is 0 Å². The maximum absolute atomic E-state index is 12.5. The number of hydrogen-bond donors (Lipinski definition) is 0. The Morgan fingerprint density at radius 2 is 2.18 bits per heavy atom. The van der Waals surface area contributed by atoms with Gasteiger partial charge in [0, 0.05) is 19.1 Å². The summed E-state index contributed by atoms with van der Waals surface area (Å²) in [6.45, 7) is 6.05. The minimum absolute atomic E-state index is 0.243. The third-order valence-corrected chi connectivity index (χ3v) is 5.34. The second-order valence-corrected chi connectivity index (χ2v) is 6.79. The largest absolute Gasteiger partial charge is 0.339 e. The molecule has 0 saturated carbocycles. The average molecular weight is 317 g/mol. The van der Waals surface area contributed by atoms with Gasteiger partial charge in [0.15, 0.2) is 5.16 Å². The summed E-state index contributed by atoms with van der Waals surface area (Å²) in [6, 6.07) is 8.53. The number of piperidine rings is 1. The zero-order valence-corrected chi connectivity index (χ0v) is 14.1. The molecule has 5 heteroatoms. The van der Waals surface area contributed by atoms with Gasteiger partial charge in [-0.15, -0.1) is 0 Å². The minimum atomic E-state index is 0.243. The monoisotopic (exact) mass is 317 g/mol. The normalized spacial score (nSPS) is 18.8. The van der Waals surface area contributed by atoms with Crippen LogP contribution in [0, 0.1) is 0 Å². The number of benzene rings is 1. The van der Waals surface area contributed by atoms with E-state index in [1.165, 1.54) is 6.42 Å². The summed E-state index contributed by atoms with van der Waals surface area (Å²) >= 11 is 1.56. The van der Waals surface area contributed by atoms with E-state index in [-0.39, 0.29) is 5.91 Å². The van der Waals surface area contributed by atoms with Crippen LogP contribution in [0.25, 0.3) is 11.0 Å². The van der Waals surface area contributed by atoms with Crippen LogP contribution in [0.4, 0.5) is 0 Å². The molecule has 1 amide bonds. The molecule has 1 atom stereocenters. The van der Waals surface area contributed by atoms with Crippen LogP contribution in [0.2, 0.25) is 0 Å². The number of aromatic nitrogens is 2. The molecule has 2 aromatic rings. The second kappa shape index (κ2) is 6.73. The molecule has 22 heavy (non-hydrogen) atoms. The fraction of sp³-hybridized carbons (Fsp3) is 0.529. The van der Waals surface area contributed by atoms with Crippen LogP contribution in [0.15, 0.2) is 29.4 Å². The van der Waals surface area contributed by atoms with Crippen molar-refractivity contribution >= 4 is 28.7 Å². The summed E-state index contributed by atoms with van der Waals surface area (Å²) < 4.78 is 2.19. The van der Waals surface area contributed by atoms with Gasteiger partial charge in [0.2, 0.25) is 5.91 Å². The van der Waals surface area contributed by atoms with Gasteiger partial charge >= 0.3 is 0 Å². The molecule has 1 aliphatic heterocycles. The van der Waals surface area contributed by atoms with E-state index in [4.69, 9.17) is 0 Å². The fourth-order valence-corrected chi connectivity index (χ4v) is 4.11. The van der Waals surface area contributed by atoms with Gasteiger partial charge in [-0.25, -0.2) is 4.98 Å². The summed E-state index contributed by atoms with van der Waals surface area (Å²) in [6.07, 6.45) is 3.50. The number of carbonyl (C=O) groups is 1. The molecule has 0 bridgehead atoms. The van der Waals surface area contributed by atoms with E-state index in [1.807, 2.05) is 23.1 Å². The highest BCUT2D eigenvalue weighted by Crippen LogP contribution is 2.25. The van der Waals surface area contributed by atoms with Crippen molar-refractivity contribution < 1.29 is 4.79 Å². The van der Waals surface area contributed by atoms with Gasteiger partial charge in [0.25, 0.3) is 0 Å². The molecule has 1 aromatic carbocycles. The van der Waals surface area contributed by atoms with Gasteiger partial charge in [-0.05, 0) is 45.2 Å². The fourth-order valence-electron chi connectivity index (χ4n) is 3.15. The lowest BCUT2D eigenvalue weighted by Gasteiger charge is -2.33. The highest BCUT2D eigenvalue weighted by molar-refractivity contribution is 7.99. The third-order valence-electron chi connectivity index (χ3n) is 4.38. The highest BCUT2D eigenvalue weighted by Gasteiger charge is 2.23. The van der Waals surface area contributed by atoms with Crippen LogP contribution >= 0.6 is 11.8 Å². The third kappa shape index (κ3) is 3.00. The van der Waals surface area contributed by atoms with Crippen molar-refractivity contribution in [3.8, 4) is 0 Å². The topological polar surface area (TPSA) is 38.1 Å². The van der Waals surface area contributed by atoms with E-state index in [1.54, 1.807) is 11.8 Å². The smallest absolute Gasteiger partial charge is 0.233 e. The van der Waals surface area contributed by atoms with Crippen LogP contribution in [0.5, 0.6) is 0 Å². The van der Waals surface area contributed by atoms with Crippen molar-refractivity contribution in [3.05, 3.63) is 24.3 Å². The maximum Gasteiger partial charge on any atom is 0.233 e.